The normalized spacial score (nSPS) is 9.08. The lowest BCUT2D eigenvalue weighted by atomic mass is 10.2. The maximum absolute atomic E-state index is 12.7. The lowest BCUT2D eigenvalue weighted by molar-refractivity contribution is 0.627. The molecule has 0 aromatic heterocycles. The number of alkyl halides is 1. The number of benzene rings is 1. The second-order valence-corrected chi connectivity index (χ2v) is 3.27. The van der Waals surface area contributed by atoms with Crippen LogP contribution in [-0.2, 0) is 0 Å². The molecule has 2 N–H and O–H groups in total. The Morgan fingerprint density at radius 2 is 2.23 bits per heavy atom. The SMILES string of the molecule is Nc1ccc(F)cc1C#CCCBr. The van der Waals surface area contributed by atoms with E-state index in [1.54, 1.807) is 0 Å². The maximum atomic E-state index is 12.7. The van der Waals surface area contributed by atoms with Crippen molar-refractivity contribution in [1.29, 1.82) is 0 Å². The third kappa shape index (κ3) is 3.08. The first-order chi connectivity index (χ1) is 6.24. The highest BCUT2D eigenvalue weighted by Gasteiger charge is 1.96. The standard InChI is InChI=1S/C10H9BrFN/c11-6-2-1-3-8-7-9(12)4-5-10(8)13/h4-5,7H,2,6,13H2. The highest BCUT2D eigenvalue weighted by Crippen LogP contribution is 2.11. The Kier molecular flexibility index (Phi) is 3.78. The number of halogens is 2. The van der Waals surface area contributed by atoms with Crippen LogP contribution in [0.25, 0.3) is 0 Å². The van der Waals surface area contributed by atoms with Crippen molar-refractivity contribution in [2.45, 2.75) is 6.42 Å². The highest BCUT2D eigenvalue weighted by molar-refractivity contribution is 9.09. The van der Waals surface area contributed by atoms with Crippen molar-refractivity contribution in [3.05, 3.63) is 29.6 Å². The maximum Gasteiger partial charge on any atom is 0.124 e. The summed E-state index contributed by atoms with van der Waals surface area (Å²) >= 11 is 3.25. The fraction of sp³-hybridized carbons (Fsp3) is 0.200. The van der Waals surface area contributed by atoms with Crippen LogP contribution in [0, 0.1) is 17.7 Å². The number of anilines is 1. The van der Waals surface area contributed by atoms with Crippen molar-refractivity contribution in [2.75, 3.05) is 11.1 Å². The van der Waals surface area contributed by atoms with E-state index in [1.165, 1.54) is 18.2 Å². The van der Waals surface area contributed by atoms with Gasteiger partial charge in [-0.1, -0.05) is 27.8 Å². The van der Waals surface area contributed by atoms with E-state index in [2.05, 4.69) is 27.8 Å². The third-order valence-corrected chi connectivity index (χ3v) is 1.85. The zero-order valence-electron chi connectivity index (χ0n) is 6.98. The van der Waals surface area contributed by atoms with Crippen molar-refractivity contribution >= 4 is 21.6 Å². The molecule has 0 spiro atoms. The van der Waals surface area contributed by atoms with Gasteiger partial charge in [-0.15, -0.1) is 0 Å². The summed E-state index contributed by atoms with van der Waals surface area (Å²) in [5.74, 6) is 5.38. The molecule has 0 saturated carbocycles. The van der Waals surface area contributed by atoms with E-state index >= 15 is 0 Å². The molecule has 0 amide bonds. The summed E-state index contributed by atoms with van der Waals surface area (Å²) in [4.78, 5) is 0. The monoisotopic (exact) mass is 241 g/mol. The predicted molar refractivity (Wildman–Crippen MR) is 56.1 cm³/mol. The van der Waals surface area contributed by atoms with Gasteiger partial charge in [0.2, 0.25) is 0 Å². The first kappa shape index (κ1) is 10.1. The van der Waals surface area contributed by atoms with Gasteiger partial charge >= 0.3 is 0 Å². The van der Waals surface area contributed by atoms with Crippen molar-refractivity contribution in [3.8, 4) is 11.8 Å². The van der Waals surface area contributed by atoms with Crippen molar-refractivity contribution in [3.63, 3.8) is 0 Å². The van der Waals surface area contributed by atoms with Crippen LogP contribution in [-0.4, -0.2) is 5.33 Å². The number of hydrogen-bond acceptors (Lipinski definition) is 1. The van der Waals surface area contributed by atoms with Gasteiger partial charge in [-0.2, -0.15) is 0 Å². The number of rotatable bonds is 1. The molecule has 0 bridgehead atoms. The smallest absolute Gasteiger partial charge is 0.124 e. The molecule has 13 heavy (non-hydrogen) atoms. The van der Waals surface area contributed by atoms with E-state index in [9.17, 15) is 4.39 Å². The lowest BCUT2D eigenvalue weighted by Gasteiger charge is -1.96. The molecule has 3 heteroatoms. The van der Waals surface area contributed by atoms with Crippen LogP contribution in [0.5, 0.6) is 0 Å². The number of hydrogen-bond donors (Lipinski definition) is 1. The molecule has 0 atom stereocenters. The van der Waals surface area contributed by atoms with Crippen LogP contribution >= 0.6 is 15.9 Å². The molecule has 0 heterocycles. The molecule has 0 saturated heterocycles. The molecule has 68 valence electrons. The Morgan fingerprint density at radius 3 is 2.92 bits per heavy atom. The minimum atomic E-state index is -0.308. The van der Waals surface area contributed by atoms with E-state index in [0.29, 0.717) is 11.3 Å². The molecule has 0 aliphatic rings. The molecular formula is C10H9BrFN. The van der Waals surface area contributed by atoms with E-state index in [1.807, 2.05) is 0 Å². The Balaban J connectivity index is 2.89. The summed E-state index contributed by atoms with van der Waals surface area (Å²) in [5.41, 5.74) is 6.66. The Morgan fingerprint density at radius 1 is 1.46 bits per heavy atom. The van der Waals surface area contributed by atoms with Gasteiger partial charge in [0.05, 0.1) is 5.56 Å². The van der Waals surface area contributed by atoms with Crippen molar-refractivity contribution < 1.29 is 4.39 Å². The Bertz CT molecular complexity index is 352. The third-order valence-electron chi connectivity index (χ3n) is 1.46. The molecule has 0 aliphatic carbocycles. The van der Waals surface area contributed by atoms with Crippen LogP contribution in [0.3, 0.4) is 0 Å². The van der Waals surface area contributed by atoms with Gasteiger partial charge in [0.15, 0.2) is 0 Å². The molecule has 0 fully saturated rings. The Hall–Kier alpha value is -1.01. The molecule has 0 radical (unpaired) electrons. The van der Waals surface area contributed by atoms with Crippen molar-refractivity contribution in [2.24, 2.45) is 0 Å². The fourth-order valence-corrected chi connectivity index (χ4v) is 1.04. The zero-order chi connectivity index (χ0) is 9.68. The minimum absolute atomic E-state index is 0.308. The number of nitrogen functional groups attached to an aromatic ring is 1. The first-order valence-electron chi connectivity index (χ1n) is 3.84. The predicted octanol–water partition coefficient (Wildman–Crippen LogP) is 2.54. The fourth-order valence-electron chi connectivity index (χ4n) is 0.842. The molecule has 1 aromatic rings. The van der Waals surface area contributed by atoms with Crippen LogP contribution in [0.2, 0.25) is 0 Å². The van der Waals surface area contributed by atoms with Gasteiger partial charge in [-0.3, -0.25) is 0 Å². The van der Waals surface area contributed by atoms with Crippen LogP contribution in [0.1, 0.15) is 12.0 Å². The van der Waals surface area contributed by atoms with Gasteiger partial charge in [0, 0.05) is 17.4 Å². The quantitative estimate of drug-likeness (QED) is 0.457. The van der Waals surface area contributed by atoms with Gasteiger partial charge in [0.1, 0.15) is 5.82 Å². The zero-order valence-corrected chi connectivity index (χ0v) is 8.57. The molecule has 0 aliphatic heterocycles. The van der Waals surface area contributed by atoms with E-state index < -0.39 is 0 Å². The molecule has 1 nitrogen and oxygen atoms in total. The van der Waals surface area contributed by atoms with E-state index in [-0.39, 0.29) is 5.82 Å². The van der Waals surface area contributed by atoms with Crippen LogP contribution in [0.4, 0.5) is 10.1 Å². The molecular weight excluding hydrogens is 233 g/mol. The highest BCUT2D eigenvalue weighted by atomic mass is 79.9. The average molecular weight is 242 g/mol. The van der Waals surface area contributed by atoms with E-state index in [4.69, 9.17) is 5.73 Å². The van der Waals surface area contributed by atoms with Crippen LogP contribution < -0.4 is 5.73 Å². The second-order valence-electron chi connectivity index (χ2n) is 2.47. The van der Waals surface area contributed by atoms with Crippen molar-refractivity contribution in [1.82, 2.24) is 0 Å². The summed E-state index contributed by atoms with van der Waals surface area (Å²) < 4.78 is 12.7. The minimum Gasteiger partial charge on any atom is -0.398 e. The summed E-state index contributed by atoms with van der Waals surface area (Å²) in [5, 5.41) is 0.815. The van der Waals surface area contributed by atoms with Crippen LogP contribution in [0.15, 0.2) is 18.2 Å². The van der Waals surface area contributed by atoms with Gasteiger partial charge in [-0.25, -0.2) is 4.39 Å². The van der Waals surface area contributed by atoms with Gasteiger partial charge < -0.3 is 5.73 Å². The summed E-state index contributed by atoms with van der Waals surface area (Å²) in [7, 11) is 0. The largest absolute Gasteiger partial charge is 0.398 e. The van der Waals surface area contributed by atoms with E-state index in [0.717, 1.165) is 11.8 Å². The summed E-state index contributed by atoms with van der Waals surface area (Å²) in [6, 6.07) is 4.19. The van der Waals surface area contributed by atoms with Gasteiger partial charge in [0.25, 0.3) is 0 Å². The molecule has 0 unspecified atom stereocenters. The lowest BCUT2D eigenvalue weighted by Crippen LogP contribution is -1.90. The summed E-state index contributed by atoms with van der Waals surface area (Å²) in [6.07, 6.45) is 0.732. The summed E-state index contributed by atoms with van der Waals surface area (Å²) in [6.45, 7) is 0. The number of nitrogens with two attached hydrogens (primary N) is 1. The van der Waals surface area contributed by atoms with Gasteiger partial charge in [-0.05, 0) is 18.2 Å². The average Bonchev–Trinajstić information content (AvgIpc) is 2.11. The Labute approximate surface area is 85.3 Å². The topological polar surface area (TPSA) is 26.0 Å². The first-order valence-corrected chi connectivity index (χ1v) is 4.96. The molecule has 1 rings (SSSR count). The second kappa shape index (κ2) is 4.88. The molecule has 1 aromatic carbocycles.